The van der Waals surface area contributed by atoms with Crippen molar-refractivity contribution in [1.82, 2.24) is 0 Å². The molecule has 74 valence electrons. The monoisotopic (exact) mass is 197 g/mol. The maximum Gasteiger partial charge on any atom is 0.281 e. The molecule has 0 aliphatic heterocycles. The van der Waals surface area contributed by atoms with E-state index in [1.807, 2.05) is 0 Å². The third-order valence-corrected chi connectivity index (χ3v) is 1.65. The number of hydrogen-bond acceptors (Lipinski definition) is 4. The molecule has 1 aromatic rings. The maximum absolute atomic E-state index is 13.2. The first-order valence-electron chi connectivity index (χ1n) is 3.74. The lowest BCUT2D eigenvalue weighted by molar-refractivity contribution is -0.385. The van der Waals surface area contributed by atoms with E-state index in [0.29, 0.717) is 5.56 Å². The van der Waals surface area contributed by atoms with E-state index in [2.05, 4.69) is 5.10 Å². The molecule has 0 radical (unpaired) electrons. The van der Waals surface area contributed by atoms with E-state index in [9.17, 15) is 14.5 Å². The third kappa shape index (κ3) is 1.85. The summed E-state index contributed by atoms with van der Waals surface area (Å²) >= 11 is 0. The highest BCUT2D eigenvalue weighted by atomic mass is 19.1. The molecule has 0 fully saturated rings. The van der Waals surface area contributed by atoms with Crippen LogP contribution in [-0.2, 0) is 0 Å². The number of rotatable bonds is 2. The highest BCUT2D eigenvalue weighted by Gasteiger charge is 2.17. The Morgan fingerprint density at radius 2 is 2.29 bits per heavy atom. The van der Waals surface area contributed by atoms with Crippen molar-refractivity contribution in [3.63, 3.8) is 0 Å². The van der Waals surface area contributed by atoms with Gasteiger partial charge in [0, 0.05) is 6.07 Å². The topological polar surface area (TPSA) is 81.5 Å². The van der Waals surface area contributed by atoms with Crippen molar-refractivity contribution in [3.8, 4) is 0 Å². The van der Waals surface area contributed by atoms with Gasteiger partial charge in [-0.05, 0) is 18.6 Å². The first kappa shape index (κ1) is 10.1. The zero-order valence-electron chi connectivity index (χ0n) is 7.40. The van der Waals surface area contributed by atoms with Gasteiger partial charge in [0.2, 0.25) is 0 Å². The Hall–Kier alpha value is -1.98. The molecule has 0 aliphatic carbocycles. The minimum absolute atomic E-state index is 0.205. The summed E-state index contributed by atoms with van der Waals surface area (Å²) in [6.07, 6.45) is 0.924. The van der Waals surface area contributed by atoms with Crippen LogP contribution in [0.2, 0.25) is 0 Å². The number of nitrogens with two attached hydrogens (primary N) is 1. The van der Waals surface area contributed by atoms with Gasteiger partial charge >= 0.3 is 0 Å². The molecule has 2 N–H and O–H groups in total. The molecule has 0 unspecified atom stereocenters. The van der Waals surface area contributed by atoms with Crippen molar-refractivity contribution in [3.05, 3.63) is 39.2 Å². The van der Waals surface area contributed by atoms with Crippen LogP contribution in [0.15, 0.2) is 17.2 Å². The van der Waals surface area contributed by atoms with Crippen molar-refractivity contribution in [2.45, 2.75) is 6.92 Å². The smallest absolute Gasteiger partial charge is 0.281 e. The number of halogens is 1. The summed E-state index contributed by atoms with van der Waals surface area (Å²) < 4.78 is 13.2. The molecule has 0 saturated carbocycles. The van der Waals surface area contributed by atoms with Crippen LogP contribution in [0.4, 0.5) is 10.1 Å². The lowest BCUT2D eigenvalue weighted by atomic mass is 10.1. The standard InChI is InChI=1S/C8H8FN3O2/c1-5-2-7(9)6(4-11-10)8(3-5)12(13)14/h2-4H,10H2,1H3. The first-order chi connectivity index (χ1) is 6.56. The summed E-state index contributed by atoms with van der Waals surface area (Å²) in [5.74, 6) is 4.11. The van der Waals surface area contributed by atoms with Crippen molar-refractivity contribution in [1.29, 1.82) is 0 Å². The summed E-state index contributed by atoms with van der Waals surface area (Å²) in [6, 6.07) is 2.45. The number of hydrogen-bond donors (Lipinski definition) is 1. The van der Waals surface area contributed by atoms with Crippen LogP contribution in [0.3, 0.4) is 0 Å². The van der Waals surface area contributed by atoms with Gasteiger partial charge in [-0.3, -0.25) is 10.1 Å². The lowest BCUT2D eigenvalue weighted by Gasteiger charge is -2.00. The van der Waals surface area contributed by atoms with Gasteiger partial charge in [-0.25, -0.2) is 4.39 Å². The average molecular weight is 197 g/mol. The molecule has 0 aliphatic rings. The summed E-state index contributed by atoms with van der Waals surface area (Å²) in [5.41, 5.74) is -0.0665. The second-order valence-corrected chi connectivity index (χ2v) is 2.71. The molecule has 6 heteroatoms. The van der Waals surface area contributed by atoms with Crippen LogP contribution in [0, 0.1) is 22.9 Å². The van der Waals surface area contributed by atoms with E-state index in [1.54, 1.807) is 6.92 Å². The number of aryl methyl sites for hydroxylation is 1. The fourth-order valence-electron chi connectivity index (χ4n) is 1.09. The van der Waals surface area contributed by atoms with Crippen molar-refractivity contribution in [2.75, 3.05) is 0 Å². The Kier molecular flexibility index (Phi) is 2.76. The largest absolute Gasteiger partial charge is 0.323 e. The van der Waals surface area contributed by atoms with Crippen LogP contribution in [-0.4, -0.2) is 11.1 Å². The predicted molar refractivity (Wildman–Crippen MR) is 49.6 cm³/mol. The Balaban J connectivity index is 3.44. The van der Waals surface area contributed by atoms with Gasteiger partial charge in [0.15, 0.2) is 0 Å². The van der Waals surface area contributed by atoms with E-state index < -0.39 is 10.7 Å². The zero-order valence-corrected chi connectivity index (χ0v) is 7.40. The van der Waals surface area contributed by atoms with Gasteiger partial charge in [-0.1, -0.05) is 0 Å². The summed E-state index contributed by atoms with van der Waals surface area (Å²) in [4.78, 5) is 9.86. The molecule has 0 amide bonds. The summed E-state index contributed by atoms with van der Waals surface area (Å²) in [7, 11) is 0. The molecule has 0 heterocycles. The SMILES string of the molecule is Cc1cc(F)c(C=NN)c([N+](=O)[O-])c1. The highest BCUT2D eigenvalue weighted by molar-refractivity contribution is 5.85. The van der Waals surface area contributed by atoms with Gasteiger partial charge in [0.05, 0.1) is 11.1 Å². The predicted octanol–water partition coefficient (Wildman–Crippen LogP) is 1.33. The molecular formula is C8H8FN3O2. The normalized spacial score (nSPS) is 10.7. The molecule has 0 saturated heterocycles. The van der Waals surface area contributed by atoms with E-state index in [4.69, 9.17) is 5.84 Å². The second-order valence-electron chi connectivity index (χ2n) is 2.71. The van der Waals surface area contributed by atoms with Gasteiger partial charge in [-0.2, -0.15) is 5.10 Å². The Morgan fingerprint density at radius 3 is 2.79 bits per heavy atom. The van der Waals surface area contributed by atoms with Crippen LogP contribution in [0.5, 0.6) is 0 Å². The molecule has 14 heavy (non-hydrogen) atoms. The van der Waals surface area contributed by atoms with Crippen molar-refractivity contribution < 1.29 is 9.31 Å². The van der Waals surface area contributed by atoms with Gasteiger partial charge in [-0.15, -0.1) is 0 Å². The summed E-state index contributed by atoms with van der Waals surface area (Å²) in [5, 5.41) is 13.6. The fourth-order valence-corrected chi connectivity index (χ4v) is 1.09. The Morgan fingerprint density at radius 1 is 1.64 bits per heavy atom. The number of hydrazone groups is 1. The van der Waals surface area contributed by atoms with E-state index in [1.165, 1.54) is 12.1 Å². The Labute approximate surface area is 79.2 Å². The van der Waals surface area contributed by atoms with Crippen LogP contribution < -0.4 is 5.84 Å². The molecule has 0 aromatic heterocycles. The van der Waals surface area contributed by atoms with Gasteiger partial charge in [0.1, 0.15) is 11.4 Å². The fraction of sp³-hybridized carbons (Fsp3) is 0.125. The van der Waals surface area contributed by atoms with Crippen LogP contribution >= 0.6 is 0 Å². The highest BCUT2D eigenvalue weighted by Crippen LogP contribution is 2.21. The minimum Gasteiger partial charge on any atom is -0.323 e. The molecular weight excluding hydrogens is 189 g/mol. The summed E-state index contributed by atoms with van der Waals surface area (Å²) in [6.45, 7) is 1.57. The van der Waals surface area contributed by atoms with E-state index in [-0.39, 0.29) is 11.3 Å². The number of benzene rings is 1. The quantitative estimate of drug-likeness (QED) is 0.336. The molecule has 1 rings (SSSR count). The van der Waals surface area contributed by atoms with E-state index in [0.717, 1.165) is 6.21 Å². The van der Waals surface area contributed by atoms with Crippen LogP contribution in [0.1, 0.15) is 11.1 Å². The Bertz CT molecular complexity index is 404. The number of nitrogens with zero attached hydrogens (tertiary/aromatic N) is 2. The van der Waals surface area contributed by atoms with Crippen LogP contribution in [0.25, 0.3) is 0 Å². The molecule has 0 bridgehead atoms. The maximum atomic E-state index is 13.2. The lowest BCUT2D eigenvalue weighted by Crippen LogP contribution is -2.00. The number of nitro benzene ring substituents is 1. The molecule has 5 nitrogen and oxygen atoms in total. The molecule has 0 atom stereocenters. The molecule has 1 aromatic carbocycles. The van der Waals surface area contributed by atoms with Gasteiger partial charge in [0.25, 0.3) is 5.69 Å². The third-order valence-electron chi connectivity index (χ3n) is 1.65. The zero-order chi connectivity index (χ0) is 10.7. The van der Waals surface area contributed by atoms with Gasteiger partial charge < -0.3 is 5.84 Å². The average Bonchev–Trinajstić information content (AvgIpc) is 2.09. The number of nitro groups is 1. The van der Waals surface area contributed by atoms with Crippen molar-refractivity contribution >= 4 is 11.9 Å². The second kappa shape index (κ2) is 3.82. The van der Waals surface area contributed by atoms with E-state index >= 15 is 0 Å². The minimum atomic E-state index is -0.703. The first-order valence-corrected chi connectivity index (χ1v) is 3.74. The molecule has 0 spiro atoms. The van der Waals surface area contributed by atoms with Crippen molar-refractivity contribution in [2.24, 2.45) is 10.9 Å².